The number of fused-ring (bicyclic) bond motifs is 6. The molecule has 1 heteroatoms. The van der Waals surface area contributed by atoms with Crippen molar-refractivity contribution in [2.75, 3.05) is 0 Å². The van der Waals surface area contributed by atoms with E-state index in [1.54, 1.807) is 0 Å². The van der Waals surface area contributed by atoms with E-state index in [0.717, 1.165) is 0 Å². The Bertz CT molecular complexity index is 2540. The zero-order valence-electron chi connectivity index (χ0n) is 25.4. The summed E-state index contributed by atoms with van der Waals surface area (Å²) in [5, 5.41) is 10.3. The van der Waals surface area contributed by atoms with Gasteiger partial charge in [0.15, 0.2) is 0 Å². The van der Waals surface area contributed by atoms with E-state index in [1.165, 1.54) is 93.2 Å². The highest BCUT2D eigenvalue weighted by Crippen LogP contribution is 2.46. The first-order valence-corrected chi connectivity index (χ1v) is 15.7. The van der Waals surface area contributed by atoms with E-state index in [-0.39, 0.29) is 0 Å². The van der Waals surface area contributed by atoms with Gasteiger partial charge in [-0.05, 0) is 104 Å². The highest BCUT2D eigenvalue weighted by Gasteiger charge is 2.19. The van der Waals surface area contributed by atoms with E-state index in [2.05, 4.69) is 170 Å². The van der Waals surface area contributed by atoms with E-state index in [4.69, 9.17) is 0 Å². The number of aryl methyl sites for hydroxylation is 2. The minimum atomic E-state index is 1.17. The van der Waals surface area contributed by atoms with E-state index in [9.17, 15) is 0 Å². The molecule has 8 aromatic carbocycles. The molecule has 212 valence electrons. The van der Waals surface area contributed by atoms with Crippen molar-refractivity contribution in [3.63, 3.8) is 0 Å². The van der Waals surface area contributed by atoms with Crippen LogP contribution in [0.2, 0.25) is 0 Å². The molecule has 0 aliphatic heterocycles. The van der Waals surface area contributed by atoms with Crippen LogP contribution in [0.3, 0.4) is 0 Å². The van der Waals surface area contributed by atoms with Crippen LogP contribution in [0.25, 0.3) is 82.1 Å². The van der Waals surface area contributed by atoms with E-state index in [0.29, 0.717) is 0 Å². The quantitative estimate of drug-likeness (QED) is 0.185. The van der Waals surface area contributed by atoms with Gasteiger partial charge in [-0.1, -0.05) is 127 Å². The molecule has 0 atom stereocenters. The molecule has 0 fully saturated rings. The van der Waals surface area contributed by atoms with Crippen molar-refractivity contribution in [3.8, 4) is 27.9 Å². The van der Waals surface area contributed by atoms with Crippen LogP contribution in [-0.4, -0.2) is 4.57 Å². The van der Waals surface area contributed by atoms with Crippen LogP contribution in [0, 0.1) is 13.8 Å². The van der Waals surface area contributed by atoms with Crippen molar-refractivity contribution in [2.45, 2.75) is 13.8 Å². The maximum absolute atomic E-state index is 2.41. The standard InChI is InChI=1S/C44H31N/c1-28-26-39-40(27-29(28)2)44(36-19-11-13-30-12-3-4-14-33(30)36)38-18-6-5-17-37(38)43(39)31-22-24-32(25-23-31)45-41-20-9-7-15-34(41)35-16-8-10-21-42(35)45/h3-27H,1-2H3. The van der Waals surface area contributed by atoms with Crippen LogP contribution >= 0.6 is 0 Å². The summed E-state index contributed by atoms with van der Waals surface area (Å²) < 4.78 is 2.39. The molecule has 9 rings (SSSR count). The lowest BCUT2D eigenvalue weighted by molar-refractivity contribution is 1.18. The van der Waals surface area contributed by atoms with Gasteiger partial charge in [-0.2, -0.15) is 0 Å². The minimum absolute atomic E-state index is 1.17. The zero-order chi connectivity index (χ0) is 30.1. The molecule has 0 aliphatic rings. The van der Waals surface area contributed by atoms with Gasteiger partial charge in [0.25, 0.3) is 0 Å². The number of nitrogens with zero attached hydrogens (tertiary/aromatic N) is 1. The molecular weight excluding hydrogens is 542 g/mol. The van der Waals surface area contributed by atoms with Crippen LogP contribution in [-0.2, 0) is 0 Å². The number of rotatable bonds is 3. The Kier molecular flexibility index (Phi) is 5.70. The molecule has 0 saturated carbocycles. The fourth-order valence-corrected chi connectivity index (χ4v) is 7.46. The van der Waals surface area contributed by atoms with Crippen LogP contribution in [0.5, 0.6) is 0 Å². The normalized spacial score (nSPS) is 11.8. The van der Waals surface area contributed by atoms with Crippen molar-refractivity contribution in [2.24, 2.45) is 0 Å². The Balaban J connectivity index is 1.33. The lowest BCUT2D eigenvalue weighted by atomic mass is 9.83. The zero-order valence-corrected chi connectivity index (χ0v) is 25.4. The summed E-state index contributed by atoms with van der Waals surface area (Å²) >= 11 is 0. The molecule has 0 spiro atoms. The van der Waals surface area contributed by atoms with Gasteiger partial charge in [0.05, 0.1) is 11.0 Å². The molecular formula is C44H31N. The average Bonchev–Trinajstić information content (AvgIpc) is 3.42. The van der Waals surface area contributed by atoms with Crippen LogP contribution in [0.15, 0.2) is 152 Å². The highest BCUT2D eigenvalue weighted by atomic mass is 15.0. The average molecular weight is 574 g/mol. The molecule has 0 saturated heterocycles. The first-order valence-electron chi connectivity index (χ1n) is 15.7. The largest absolute Gasteiger partial charge is 0.309 e. The third kappa shape index (κ3) is 3.87. The Labute approximate surface area is 262 Å². The highest BCUT2D eigenvalue weighted by molar-refractivity contribution is 6.23. The summed E-state index contributed by atoms with van der Waals surface area (Å²) in [5.74, 6) is 0. The van der Waals surface area contributed by atoms with Gasteiger partial charge in [0, 0.05) is 16.5 Å². The summed E-state index contributed by atoms with van der Waals surface area (Å²) in [4.78, 5) is 0. The fraction of sp³-hybridized carbons (Fsp3) is 0.0455. The van der Waals surface area contributed by atoms with Gasteiger partial charge in [-0.3, -0.25) is 0 Å². The lowest BCUT2D eigenvalue weighted by Gasteiger charge is -2.20. The Morgan fingerprint density at radius 2 is 0.867 bits per heavy atom. The number of para-hydroxylation sites is 2. The molecule has 1 nitrogen and oxygen atoms in total. The number of aromatic nitrogens is 1. The van der Waals surface area contributed by atoms with Crippen molar-refractivity contribution in [3.05, 3.63) is 163 Å². The summed E-state index contributed by atoms with van der Waals surface area (Å²) in [6.07, 6.45) is 0. The summed E-state index contributed by atoms with van der Waals surface area (Å²) in [6, 6.07) is 55.8. The second-order valence-electron chi connectivity index (χ2n) is 12.2. The van der Waals surface area contributed by atoms with Crippen LogP contribution in [0.4, 0.5) is 0 Å². The summed E-state index contributed by atoms with van der Waals surface area (Å²) in [5.41, 5.74) is 11.4. The molecule has 0 radical (unpaired) electrons. The van der Waals surface area contributed by atoms with Crippen LogP contribution < -0.4 is 0 Å². The third-order valence-corrected chi connectivity index (χ3v) is 9.69. The number of benzene rings is 8. The summed E-state index contributed by atoms with van der Waals surface area (Å²) in [7, 11) is 0. The Morgan fingerprint density at radius 1 is 0.378 bits per heavy atom. The molecule has 0 aliphatic carbocycles. The molecule has 0 amide bonds. The van der Waals surface area contributed by atoms with Gasteiger partial charge in [-0.15, -0.1) is 0 Å². The van der Waals surface area contributed by atoms with Crippen molar-refractivity contribution in [1.82, 2.24) is 4.57 Å². The SMILES string of the molecule is Cc1cc2c(-c3ccc(-n4c5ccccc5c5ccccc54)cc3)c3ccccc3c(-c3cccc4ccccc34)c2cc1C. The Hall–Kier alpha value is -5.66. The monoisotopic (exact) mass is 573 g/mol. The maximum Gasteiger partial charge on any atom is 0.0541 e. The summed E-state index contributed by atoms with van der Waals surface area (Å²) in [6.45, 7) is 4.47. The number of hydrogen-bond donors (Lipinski definition) is 0. The lowest BCUT2D eigenvalue weighted by Crippen LogP contribution is -1.95. The molecule has 45 heavy (non-hydrogen) atoms. The first-order chi connectivity index (χ1) is 22.2. The van der Waals surface area contributed by atoms with Crippen molar-refractivity contribution >= 4 is 54.1 Å². The molecule has 0 N–H and O–H groups in total. The number of hydrogen-bond acceptors (Lipinski definition) is 0. The van der Waals surface area contributed by atoms with Crippen LogP contribution in [0.1, 0.15) is 11.1 Å². The van der Waals surface area contributed by atoms with Crippen molar-refractivity contribution < 1.29 is 0 Å². The first kappa shape index (κ1) is 25.8. The predicted octanol–water partition coefficient (Wildman–Crippen LogP) is 12.2. The molecule has 9 aromatic rings. The van der Waals surface area contributed by atoms with E-state index >= 15 is 0 Å². The molecule has 0 bridgehead atoms. The minimum Gasteiger partial charge on any atom is -0.309 e. The maximum atomic E-state index is 2.41. The molecule has 1 heterocycles. The molecule has 0 unspecified atom stereocenters. The van der Waals surface area contributed by atoms with Gasteiger partial charge in [0.2, 0.25) is 0 Å². The smallest absolute Gasteiger partial charge is 0.0541 e. The van der Waals surface area contributed by atoms with E-state index in [1.807, 2.05) is 0 Å². The van der Waals surface area contributed by atoms with E-state index < -0.39 is 0 Å². The third-order valence-electron chi connectivity index (χ3n) is 9.69. The molecule has 1 aromatic heterocycles. The van der Waals surface area contributed by atoms with Gasteiger partial charge >= 0.3 is 0 Å². The fourth-order valence-electron chi connectivity index (χ4n) is 7.46. The van der Waals surface area contributed by atoms with Gasteiger partial charge in [-0.25, -0.2) is 0 Å². The van der Waals surface area contributed by atoms with Gasteiger partial charge in [0.1, 0.15) is 0 Å². The second kappa shape index (κ2) is 9.94. The Morgan fingerprint density at radius 3 is 1.51 bits per heavy atom. The topological polar surface area (TPSA) is 4.93 Å². The van der Waals surface area contributed by atoms with Crippen molar-refractivity contribution in [1.29, 1.82) is 0 Å². The predicted molar refractivity (Wildman–Crippen MR) is 194 cm³/mol. The second-order valence-corrected chi connectivity index (χ2v) is 12.2. The van der Waals surface area contributed by atoms with Gasteiger partial charge < -0.3 is 4.57 Å².